The SMILES string of the molecule is Cc1c(C#N)c(NC(=O)CN(C)[C@@H](CO)c2cccc(F)c2)n(-c2cccc(F)c2)c1C. The van der Waals surface area contributed by atoms with Gasteiger partial charge >= 0.3 is 0 Å². The molecule has 0 aliphatic rings. The zero-order valence-electron chi connectivity index (χ0n) is 18.1. The second kappa shape index (κ2) is 9.73. The van der Waals surface area contributed by atoms with Gasteiger partial charge in [-0.25, -0.2) is 8.78 Å². The normalized spacial score (nSPS) is 11.9. The lowest BCUT2D eigenvalue weighted by Gasteiger charge is -2.26. The summed E-state index contributed by atoms with van der Waals surface area (Å²) in [6, 6.07) is 13.2. The molecule has 1 atom stereocenters. The molecule has 2 N–H and O–H groups in total. The van der Waals surface area contributed by atoms with Gasteiger partial charge in [0.05, 0.1) is 30.4 Å². The van der Waals surface area contributed by atoms with Gasteiger partial charge < -0.3 is 10.4 Å². The smallest absolute Gasteiger partial charge is 0.239 e. The molecule has 0 saturated carbocycles. The fourth-order valence-electron chi connectivity index (χ4n) is 3.72. The average molecular weight is 438 g/mol. The zero-order chi connectivity index (χ0) is 23.4. The molecule has 0 fully saturated rings. The van der Waals surface area contributed by atoms with E-state index in [9.17, 15) is 23.9 Å². The second-order valence-electron chi connectivity index (χ2n) is 7.58. The van der Waals surface area contributed by atoms with Gasteiger partial charge in [-0.3, -0.25) is 14.3 Å². The van der Waals surface area contributed by atoms with Crippen LogP contribution in [0.5, 0.6) is 0 Å². The molecule has 0 radical (unpaired) electrons. The molecule has 6 nitrogen and oxygen atoms in total. The number of nitrogens with zero attached hydrogens (tertiary/aromatic N) is 3. The number of hydrogen-bond acceptors (Lipinski definition) is 4. The van der Waals surface area contributed by atoms with Crippen LogP contribution < -0.4 is 5.32 Å². The highest BCUT2D eigenvalue weighted by Gasteiger charge is 2.23. The molecular formula is C24H24F2N4O2. The molecule has 1 heterocycles. The summed E-state index contributed by atoms with van der Waals surface area (Å²) in [5, 5.41) is 22.2. The van der Waals surface area contributed by atoms with Crippen molar-refractivity contribution in [1.29, 1.82) is 5.26 Å². The third kappa shape index (κ3) is 4.69. The van der Waals surface area contributed by atoms with Gasteiger partial charge in [-0.15, -0.1) is 0 Å². The highest BCUT2D eigenvalue weighted by Crippen LogP contribution is 2.30. The predicted molar refractivity (Wildman–Crippen MR) is 117 cm³/mol. The van der Waals surface area contributed by atoms with Gasteiger partial charge in [0.2, 0.25) is 5.91 Å². The van der Waals surface area contributed by atoms with Crippen LogP contribution >= 0.6 is 0 Å². The number of aromatic nitrogens is 1. The van der Waals surface area contributed by atoms with Gasteiger partial charge in [-0.05, 0) is 62.4 Å². The number of nitriles is 1. The van der Waals surface area contributed by atoms with Crippen molar-refractivity contribution in [2.45, 2.75) is 19.9 Å². The lowest BCUT2D eigenvalue weighted by Crippen LogP contribution is -2.35. The summed E-state index contributed by atoms with van der Waals surface area (Å²) in [5.74, 6) is -1.06. The number of amides is 1. The highest BCUT2D eigenvalue weighted by molar-refractivity contribution is 5.93. The molecule has 0 aliphatic heterocycles. The molecule has 1 amide bonds. The van der Waals surface area contributed by atoms with Gasteiger partial charge in [0.1, 0.15) is 23.5 Å². The summed E-state index contributed by atoms with van der Waals surface area (Å²) in [4.78, 5) is 14.5. The minimum absolute atomic E-state index is 0.126. The molecule has 3 rings (SSSR count). The Morgan fingerprint density at radius 1 is 1.19 bits per heavy atom. The fraction of sp³-hybridized carbons (Fsp3) is 0.250. The number of hydrogen-bond donors (Lipinski definition) is 2. The molecule has 2 aromatic carbocycles. The molecule has 0 saturated heterocycles. The number of anilines is 1. The molecule has 0 bridgehead atoms. The van der Waals surface area contributed by atoms with Crippen LogP contribution in [-0.2, 0) is 4.79 Å². The molecule has 0 spiro atoms. The van der Waals surface area contributed by atoms with Gasteiger partial charge in [-0.2, -0.15) is 5.26 Å². The van der Waals surface area contributed by atoms with Gasteiger partial charge in [0.25, 0.3) is 0 Å². The number of carbonyl (C=O) groups excluding carboxylic acids is 1. The Kier molecular flexibility index (Phi) is 7.03. The van der Waals surface area contributed by atoms with Crippen LogP contribution in [0.4, 0.5) is 14.6 Å². The molecule has 166 valence electrons. The second-order valence-corrected chi connectivity index (χ2v) is 7.58. The first kappa shape index (κ1) is 23.1. The first-order valence-electron chi connectivity index (χ1n) is 10.0. The van der Waals surface area contributed by atoms with Crippen LogP contribution in [0.1, 0.15) is 28.4 Å². The standard InChI is InChI=1S/C24H24F2N4O2/c1-15-16(2)30(20-9-5-8-19(26)11-20)24(21(15)12-27)28-23(32)13-29(3)22(14-31)17-6-4-7-18(25)10-17/h4-11,22,31H,13-14H2,1-3H3,(H,28,32)/t22-/m0/s1. The van der Waals surface area contributed by atoms with E-state index < -0.39 is 23.6 Å². The fourth-order valence-corrected chi connectivity index (χ4v) is 3.72. The minimum atomic E-state index is -0.592. The zero-order valence-corrected chi connectivity index (χ0v) is 18.1. The Labute approximate surface area is 185 Å². The number of benzene rings is 2. The molecular weight excluding hydrogens is 414 g/mol. The topological polar surface area (TPSA) is 81.3 Å². The molecule has 0 unspecified atom stereocenters. The van der Waals surface area contributed by atoms with E-state index >= 15 is 0 Å². The summed E-state index contributed by atoms with van der Waals surface area (Å²) in [6.07, 6.45) is 0. The van der Waals surface area contributed by atoms with E-state index in [1.807, 2.05) is 0 Å². The first-order valence-corrected chi connectivity index (χ1v) is 10.0. The summed E-state index contributed by atoms with van der Waals surface area (Å²) in [7, 11) is 1.64. The lowest BCUT2D eigenvalue weighted by molar-refractivity contribution is -0.117. The Morgan fingerprint density at radius 2 is 1.84 bits per heavy atom. The Balaban J connectivity index is 1.89. The Hall–Kier alpha value is -3.54. The largest absolute Gasteiger partial charge is 0.394 e. The maximum Gasteiger partial charge on any atom is 0.239 e. The van der Waals surface area contributed by atoms with Crippen molar-refractivity contribution in [3.63, 3.8) is 0 Å². The number of halogens is 2. The number of aliphatic hydroxyl groups is 1. The van der Waals surface area contributed by atoms with Crippen molar-refractivity contribution >= 4 is 11.7 Å². The van der Waals surface area contributed by atoms with E-state index in [1.165, 1.54) is 30.3 Å². The van der Waals surface area contributed by atoms with Crippen LogP contribution in [0.3, 0.4) is 0 Å². The van der Waals surface area contributed by atoms with E-state index in [0.717, 1.165) is 0 Å². The number of likely N-dealkylation sites (N-methyl/N-ethyl adjacent to an activating group) is 1. The summed E-state index contributed by atoms with van der Waals surface area (Å²) >= 11 is 0. The number of aliphatic hydroxyl groups excluding tert-OH is 1. The number of rotatable bonds is 7. The van der Waals surface area contributed by atoms with Crippen molar-refractivity contribution < 1.29 is 18.7 Å². The van der Waals surface area contributed by atoms with E-state index in [1.54, 1.807) is 48.6 Å². The first-order chi connectivity index (χ1) is 15.3. The van der Waals surface area contributed by atoms with Crippen LogP contribution in [0.15, 0.2) is 48.5 Å². The summed E-state index contributed by atoms with van der Waals surface area (Å²) in [6.45, 7) is 3.11. The summed E-state index contributed by atoms with van der Waals surface area (Å²) < 4.78 is 29.1. The van der Waals surface area contributed by atoms with E-state index in [-0.39, 0.29) is 24.5 Å². The highest BCUT2D eigenvalue weighted by atomic mass is 19.1. The molecule has 8 heteroatoms. The van der Waals surface area contributed by atoms with Crippen molar-refractivity contribution in [2.24, 2.45) is 0 Å². The van der Waals surface area contributed by atoms with E-state index in [2.05, 4.69) is 11.4 Å². The number of nitrogens with one attached hydrogen (secondary N) is 1. The van der Waals surface area contributed by atoms with Crippen LogP contribution in [0.2, 0.25) is 0 Å². The summed E-state index contributed by atoms with van der Waals surface area (Å²) in [5.41, 5.74) is 2.67. The molecule has 3 aromatic rings. The van der Waals surface area contributed by atoms with Gasteiger partial charge in [0.15, 0.2) is 0 Å². The monoisotopic (exact) mass is 438 g/mol. The maximum atomic E-state index is 13.8. The van der Waals surface area contributed by atoms with Crippen LogP contribution in [-0.4, -0.2) is 40.7 Å². The number of carbonyl (C=O) groups is 1. The van der Waals surface area contributed by atoms with Gasteiger partial charge in [0, 0.05) is 5.69 Å². The Bertz CT molecular complexity index is 1180. The quantitative estimate of drug-likeness (QED) is 0.587. The molecule has 32 heavy (non-hydrogen) atoms. The third-order valence-electron chi connectivity index (χ3n) is 5.48. The van der Waals surface area contributed by atoms with Gasteiger partial charge in [-0.1, -0.05) is 18.2 Å². The van der Waals surface area contributed by atoms with Crippen molar-refractivity contribution in [3.05, 3.63) is 82.5 Å². The van der Waals surface area contributed by atoms with Crippen molar-refractivity contribution in [2.75, 3.05) is 25.5 Å². The van der Waals surface area contributed by atoms with Crippen molar-refractivity contribution in [3.8, 4) is 11.8 Å². The molecule has 1 aromatic heterocycles. The average Bonchev–Trinajstić information content (AvgIpc) is 2.97. The van der Waals surface area contributed by atoms with E-state index in [4.69, 9.17) is 0 Å². The third-order valence-corrected chi connectivity index (χ3v) is 5.48. The predicted octanol–water partition coefficient (Wildman–Crippen LogP) is 3.85. The Morgan fingerprint density at radius 3 is 2.44 bits per heavy atom. The lowest BCUT2D eigenvalue weighted by atomic mass is 10.1. The van der Waals surface area contributed by atoms with Crippen molar-refractivity contribution in [1.82, 2.24) is 9.47 Å². The van der Waals surface area contributed by atoms with Crippen LogP contribution in [0, 0.1) is 36.8 Å². The molecule has 0 aliphatic carbocycles. The van der Waals surface area contributed by atoms with Crippen LogP contribution in [0.25, 0.3) is 5.69 Å². The minimum Gasteiger partial charge on any atom is -0.394 e. The van der Waals surface area contributed by atoms with E-state index in [0.29, 0.717) is 22.5 Å². The maximum absolute atomic E-state index is 13.8.